The van der Waals surface area contributed by atoms with Gasteiger partial charge in [0, 0.05) is 44.2 Å². The number of morpholine rings is 1. The molecule has 29 heavy (non-hydrogen) atoms. The maximum absolute atomic E-state index is 5.50. The minimum Gasteiger partial charge on any atom is -0.379 e. The zero-order valence-corrected chi connectivity index (χ0v) is 20.5. The third kappa shape index (κ3) is 7.36. The second-order valence-corrected chi connectivity index (χ2v) is 8.42. The van der Waals surface area contributed by atoms with Crippen LogP contribution in [-0.4, -0.2) is 76.6 Å². The summed E-state index contributed by atoms with van der Waals surface area (Å²) in [7, 11) is 0. The van der Waals surface area contributed by atoms with Crippen LogP contribution < -0.4 is 10.6 Å². The number of hydrogen-bond donors (Lipinski definition) is 2. The van der Waals surface area contributed by atoms with E-state index in [0.717, 1.165) is 64.1 Å². The van der Waals surface area contributed by atoms with Crippen molar-refractivity contribution in [3.63, 3.8) is 0 Å². The Bertz CT molecular complexity index is 622. The minimum absolute atomic E-state index is 0. The molecule has 8 nitrogen and oxygen atoms in total. The van der Waals surface area contributed by atoms with Gasteiger partial charge in [-0.15, -0.1) is 34.2 Å². The summed E-state index contributed by atoms with van der Waals surface area (Å²) in [5, 5.41) is 15.4. The largest absolute Gasteiger partial charge is 0.379 e. The summed E-state index contributed by atoms with van der Waals surface area (Å²) in [5.74, 6) is 1.96. The fourth-order valence-corrected chi connectivity index (χ4v) is 3.99. The van der Waals surface area contributed by atoms with E-state index in [-0.39, 0.29) is 29.5 Å². The van der Waals surface area contributed by atoms with E-state index in [4.69, 9.17) is 9.73 Å². The van der Waals surface area contributed by atoms with Crippen LogP contribution >= 0.6 is 24.0 Å². The van der Waals surface area contributed by atoms with Crippen LogP contribution in [-0.2, 0) is 17.7 Å². The molecule has 0 radical (unpaired) electrons. The SMILES string of the molecule is CCc1nncn1CCNC(=NCC(C)(C)N1CCOCC1)NC1CCCC1.I. The van der Waals surface area contributed by atoms with Gasteiger partial charge in [-0.05, 0) is 26.7 Å². The summed E-state index contributed by atoms with van der Waals surface area (Å²) >= 11 is 0. The van der Waals surface area contributed by atoms with Gasteiger partial charge in [-0.1, -0.05) is 19.8 Å². The van der Waals surface area contributed by atoms with E-state index in [9.17, 15) is 0 Å². The van der Waals surface area contributed by atoms with Crippen LogP contribution in [0.25, 0.3) is 0 Å². The van der Waals surface area contributed by atoms with Gasteiger partial charge in [0.2, 0.25) is 0 Å². The molecule has 0 amide bonds. The molecule has 2 aliphatic rings. The van der Waals surface area contributed by atoms with Crippen molar-refractivity contribution in [1.29, 1.82) is 0 Å². The van der Waals surface area contributed by atoms with Gasteiger partial charge in [-0.3, -0.25) is 9.89 Å². The molecule has 2 heterocycles. The zero-order valence-electron chi connectivity index (χ0n) is 18.2. The molecule has 1 aromatic heterocycles. The Labute approximate surface area is 192 Å². The number of aliphatic imine (C=N–C) groups is 1. The molecule has 1 aliphatic heterocycles. The Morgan fingerprint density at radius 1 is 1.28 bits per heavy atom. The molecule has 2 N–H and O–H groups in total. The number of nitrogens with zero attached hydrogens (tertiary/aromatic N) is 5. The molecule has 166 valence electrons. The third-order valence-corrected chi connectivity index (χ3v) is 5.84. The van der Waals surface area contributed by atoms with Crippen LogP contribution in [0.4, 0.5) is 0 Å². The molecule has 0 aromatic carbocycles. The Balaban J connectivity index is 0.00000300. The summed E-state index contributed by atoms with van der Waals surface area (Å²) in [6.07, 6.45) is 7.80. The summed E-state index contributed by atoms with van der Waals surface area (Å²) in [5.41, 5.74) is 0.0255. The van der Waals surface area contributed by atoms with Crippen LogP contribution in [0.5, 0.6) is 0 Å². The number of rotatable bonds is 8. The number of guanidine groups is 1. The number of halogens is 1. The second kappa shape index (κ2) is 12.0. The summed E-state index contributed by atoms with van der Waals surface area (Å²) in [6, 6.07) is 0.541. The predicted molar refractivity (Wildman–Crippen MR) is 127 cm³/mol. The molecule has 0 unspecified atom stereocenters. The standard InChI is InChI=1S/C20H37N7O.HI/c1-4-18-25-23-16-26(18)10-9-21-19(24-17-7-5-6-8-17)22-15-20(2,3)27-11-13-28-14-12-27;/h16-17H,4-15H2,1-3H3,(H2,21,22,24);1H. The second-order valence-electron chi connectivity index (χ2n) is 8.42. The highest BCUT2D eigenvalue weighted by Crippen LogP contribution is 2.18. The molecule has 1 aromatic rings. The van der Waals surface area contributed by atoms with E-state index in [1.807, 2.05) is 6.33 Å². The maximum Gasteiger partial charge on any atom is 0.191 e. The molecule has 1 saturated heterocycles. The van der Waals surface area contributed by atoms with Gasteiger partial charge in [0.25, 0.3) is 0 Å². The smallest absolute Gasteiger partial charge is 0.191 e. The van der Waals surface area contributed by atoms with Gasteiger partial charge in [0.15, 0.2) is 5.96 Å². The maximum atomic E-state index is 5.50. The highest BCUT2D eigenvalue weighted by Gasteiger charge is 2.28. The Morgan fingerprint density at radius 3 is 2.69 bits per heavy atom. The van der Waals surface area contributed by atoms with Crippen molar-refractivity contribution in [2.45, 2.75) is 71.0 Å². The molecule has 0 bridgehead atoms. The first-order valence-corrected chi connectivity index (χ1v) is 10.8. The van der Waals surface area contributed by atoms with Crippen molar-refractivity contribution < 1.29 is 4.74 Å². The van der Waals surface area contributed by atoms with E-state index in [0.29, 0.717) is 6.04 Å². The van der Waals surface area contributed by atoms with Gasteiger partial charge in [0.05, 0.1) is 19.8 Å². The van der Waals surface area contributed by atoms with Gasteiger partial charge < -0.3 is 19.9 Å². The minimum atomic E-state index is 0. The van der Waals surface area contributed by atoms with E-state index in [2.05, 4.69) is 51.1 Å². The lowest BCUT2D eigenvalue weighted by atomic mass is 10.0. The molecule has 0 atom stereocenters. The molecule has 2 fully saturated rings. The lowest BCUT2D eigenvalue weighted by Gasteiger charge is -2.40. The van der Waals surface area contributed by atoms with Gasteiger partial charge in [-0.25, -0.2) is 0 Å². The highest BCUT2D eigenvalue weighted by molar-refractivity contribution is 14.0. The van der Waals surface area contributed by atoms with Crippen LogP contribution in [0, 0.1) is 0 Å². The third-order valence-electron chi connectivity index (χ3n) is 5.84. The summed E-state index contributed by atoms with van der Waals surface area (Å²) in [4.78, 5) is 7.45. The number of ether oxygens (including phenoxy) is 1. The first-order chi connectivity index (χ1) is 13.6. The van der Waals surface area contributed by atoms with Crippen molar-refractivity contribution in [2.75, 3.05) is 39.4 Å². The first-order valence-electron chi connectivity index (χ1n) is 10.8. The van der Waals surface area contributed by atoms with Crippen molar-refractivity contribution in [3.8, 4) is 0 Å². The topological polar surface area (TPSA) is 79.6 Å². The van der Waals surface area contributed by atoms with Crippen LogP contribution in [0.15, 0.2) is 11.3 Å². The van der Waals surface area contributed by atoms with Crippen molar-refractivity contribution >= 4 is 29.9 Å². The van der Waals surface area contributed by atoms with E-state index in [1.165, 1.54) is 25.7 Å². The fraction of sp³-hybridized carbons (Fsp3) is 0.850. The van der Waals surface area contributed by atoms with Crippen LogP contribution in [0.3, 0.4) is 0 Å². The molecule has 9 heteroatoms. The van der Waals surface area contributed by atoms with Crippen molar-refractivity contribution in [2.24, 2.45) is 4.99 Å². The summed E-state index contributed by atoms with van der Waals surface area (Å²) in [6.45, 7) is 12.7. The van der Waals surface area contributed by atoms with Gasteiger partial charge >= 0.3 is 0 Å². The van der Waals surface area contributed by atoms with E-state index in [1.54, 1.807) is 0 Å². The van der Waals surface area contributed by atoms with E-state index < -0.39 is 0 Å². The predicted octanol–water partition coefficient (Wildman–Crippen LogP) is 2.05. The molecule has 0 spiro atoms. The lowest BCUT2D eigenvalue weighted by Crippen LogP contribution is -2.52. The molecule has 3 rings (SSSR count). The first kappa shape index (κ1) is 24.3. The van der Waals surface area contributed by atoms with E-state index >= 15 is 0 Å². The Morgan fingerprint density at radius 2 is 2.00 bits per heavy atom. The van der Waals surface area contributed by atoms with Crippen molar-refractivity contribution in [1.82, 2.24) is 30.3 Å². The highest BCUT2D eigenvalue weighted by atomic mass is 127. The summed E-state index contributed by atoms with van der Waals surface area (Å²) < 4.78 is 7.61. The normalized spacial score (nSPS) is 19.2. The average Bonchev–Trinajstić information content (AvgIpc) is 3.38. The number of aromatic nitrogens is 3. The lowest BCUT2D eigenvalue weighted by molar-refractivity contribution is -0.00684. The van der Waals surface area contributed by atoms with Gasteiger partial charge in [0.1, 0.15) is 12.2 Å². The molecular formula is C20H38IN7O. The van der Waals surface area contributed by atoms with Crippen LogP contribution in [0.2, 0.25) is 0 Å². The molecular weight excluding hydrogens is 481 g/mol. The molecule has 1 aliphatic carbocycles. The van der Waals surface area contributed by atoms with Gasteiger partial charge in [-0.2, -0.15) is 0 Å². The zero-order chi connectivity index (χ0) is 19.8. The monoisotopic (exact) mass is 519 g/mol. The Kier molecular flexibility index (Phi) is 10.1. The Hall–Kier alpha value is -0.940. The average molecular weight is 519 g/mol. The van der Waals surface area contributed by atoms with Crippen molar-refractivity contribution in [3.05, 3.63) is 12.2 Å². The molecule has 1 saturated carbocycles. The van der Waals surface area contributed by atoms with Crippen LogP contribution in [0.1, 0.15) is 52.3 Å². The fourth-order valence-electron chi connectivity index (χ4n) is 3.99. The quantitative estimate of drug-likeness (QED) is 0.311. The number of aryl methyl sites for hydroxylation is 1. The number of hydrogen-bond acceptors (Lipinski definition) is 5. The number of nitrogens with one attached hydrogen (secondary N) is 2.